The summed E-state index contributed by atoms with van der Waals surface area (Å²) in [5.74, 6) is 5.54. The molecule has 0 spiro atoms. The van der Waals surface area contributed by atoms with Gasteiger partial charge in [0.15, 0.2) is 5.96 Å². The van der Waals surface area contributed by atoms with Gasteiger partial charge in [0.05, 0.1) is 0 Å². The van der Waals surface area contributed by atoms with Gasteiger partial charge in [-0.1, -0.05) is 26.7 Å². The van der Waals surface area contributed by atoms with Crippen LogP contribution < -0.4 is 5.73 Å². The predicted octanol–water partition coefficient (Wildman–Crippen LogP) is 1.40. The quantitative estimate of drug-likeness (QED) is 0.427. The minimum Gasteiger partial charge on any atom is -0.370 e. The van der Waals surface area contributed by atoms with Crippen LogP contribution in [0.3, 0.4) is 0 Å². The molecule has 0 saturated carbocycles. The highest BCUT2D eigenvalue weighted by Gasteiger charge is 2.23. The normalized spacial score (nSPS) is 20.4. The maximum atomic E-state index is 5.99. The summed E-state index contributed by atoms with van der Waals surface area (Å²) in [5, 5.41) is 0. The first-order valence-corrected chi connectivity index (χ1v) is 6.72. The molecule has 1 unspecified atom stereocenters. The van der Waals surface area contributed by atoms with Crippen molar-refractivity contribution in [1.82, 2.24) is 4.90 Å². The van der Waals surface area contributed by atoms with Crippen LogP contribution in [-0.2, 0) is 0 Å². The fourth-order valence-corrected chi connectivity index (χ4v) is 2.39. The summed E-state index contributed by atoms with van der Waals surface area (Å²) >= 11 is 1.95. The molecule has 1 heterocycles. The highest BCUT2D eigenvalue weighted by Crippen LogP contribution is 2.22. The second-order valence-electron chi connectivity index (χ2n) is 5.02. The van der Waals surface area contributed by atoms with Crippen molar-refractivity contribution in [3.8, 4) is 12.3 Å². The van der Waals surface area contributed by atoms with Crippen LogP contribution in [0.2, 0.25) is 0 Å². The summed E-state index contributed by atoms with van der Waals surface area (Å²) in [7, 11) is 0. The van der Waals surface area contributed by atoms with E-state index in [0.717, 1.165) is 24.6 Å². The van der Waals surface area contributed by atoms with E-state index in [1.54, 1.807) is 0 Å². The summed E-state index contributed by atoms with van der Waals surface area (Å²) in [4.78, 5) is 6.58. The number of terminal acetylenes is 1. The van der Waals surface area contributed by atoms with Gasteiger partial charge in [-0.25, -0.2) is 4.99 Å². The largest absolute Gasteiger partial charge is 0.370 e. The maximum Gasteiger partial charge on any atom is 0.192 e. The average Bonchev–Trinajstić information content (AvgIpc) is 2.25. The van der Waals surface area contributed by atoms with Gasteiger partial charge in [-0.2, -0.15) is 11.8 Å². The Hall–Kier alpha value is -0.820. The summed E-state index contributed by atoms with van der Waals surface area (Å²) in [6.07, 6.45) is 5.50. The third-order valence-corrected chi connectivity index (χ3v) is 3.52. The van der Waals surface area contributed by atoms with Gasteiger partial charge >= 0.3 is 0 Å². The lowest BCUT2D eigenvalue weighted by molar-refractivity contribution is 0.368. The molecule has 0 aromatic carbocycles. The van der Waals surface area contributed by atoms with Gasteiger partial charge in [0, 0.05) is 24.6 Å². The van der Waals surface area contributed by atoms with Crippen molar-refractivity contribution in [3.63, 3.8) is 0 Å². The van der Waals surface area contributed by atoms with E-state index in [-0.39, 0.29) is 11.5 Å². The zero-order valence-electron chi connectivity index (χ0n) is 10.4. The molecule has 1 atom stereocenters. The van der Waals surface area contributed by atoms with Crippen LogP contribution in [0.5, 0.6) is 0 Å². The van der Waals surface area contributed by atoms with Crippen molar-refractivity contribution in [2.45, 2.75) is 26.8 Å². The first kappa shape index (κ1) is 13.2. The Morgan fingerprint density at radius 1 is 1.44 bits per heavy atom. The third-order valence-electron chi connectivity index (χ3n) is 2.57. The van der Waals surface area contributed by atoms with Crippen LogP contribution >= 0.6 is 11.8 Å². The minimum absolute atomic E-state index is 0.0378. The van der Waals surface area contributed by atoms with E-state index < -0.39 is 0 Å². The zero-order chi connectivity index (χ0) is 12.2. The lowest BCUT2D eigenvalue weighted by Gasteiger charge is -2.29. The van der Waals surface area contributed by atoms with Gasteiger partial charge in [0.25, 0.3) is 0 Å². The Morgan fingerprint density at radius 3 is 2.44 bits per heavy atom. The average molecular weight is 239 g/mol. The van der Waals surface area contributed by atoms with Crippen LogP contribution in [0.4, 0.5) is 0 Å². The molecule has 0 aliphatic carbocycles. The Labute approximate surface area is 103 Å². The standard InChI is InChI=1S/C12H21N3S/c1-5-10(12(2,3)4)14-11(13)15-6-8-16-9-7-15/h1,10H,6-9H2,2-4H3,(H2,13,14). The molecule has 90 valence electrons. The minimum atomic E-state index is -0.151. The molecule has 1 saturated heterocycles. The molecule has 0 aromatic rings. The van der Waals surface area contributed by atoms with Gasteiger partial charge in [-0.05, 0) is 5.41 Å². The SMILES string of the molecule is C#CC(N=C(N)N1CCSCC1)C(C)(C)C. The van der Waals surface area contributed by atoms with E-state index in [0.29, 0.717) is 5.96 Å². The van der Waals surface area contributed by atoms with Crippen molar-refractivity contribution in [2.75, 3.05) is 24.6 Å². The second kappa shape index (κ2) is 5.49. The van der Waals surface area contributed by atoms with Gasteiger partial charge in [0.1, 0.15) is 6.04 Å². The highest BCUT2D eigenvalue weighted by atomic mass is 32.2. The summed E-state index contributed by atoms with van der Waals surface area (Å²) in [6, 6.07) is -0.151. The van der Waals surface area contributed by atoms with Crippen LogP contribution in [0.25, 0.3) is 0 Å². The number of nitrogens with two attached hydrogens (primary N) is 1. The maximum absolute atomic E-state index is 5.99. The van der Waals surface area contributed by atoms with E-state index in [4.69, 9.17) is 12.2 Å². The first-order valence-electron chi connectivity index (χ1n) is 5.57. The number of guanidine groups is 1. The van der Waals surface area contributed by atoms with Crippen LogP contribution in [0, 0.1) is 17.8 Å². The number of hydrogen-bond acceptors (Lipinski definition) is 2. The van der Waals surface area contributed by atoms with Crippen LogP contribution in [0.1, 0.15) is 20.8 Å². The fraction of sp³-hybridized carbons (Fsp3) is 0.750. The Kier molecular flexibility index (Phi) is 4.55. The molecule has 1 aliphatic heterocycles. The number of aliphatic imine (C=N–C) groups is 1. The van der Waals surface area contributed by atoms with E-state index in [1.807, 2.05) is 11.8 Å². The molecule has 0 radical (unpaired) electrons. The van der Waals surface area contributed by atoms with Crippen molar-refractivity contribution in [2.24, 2.45) is 16.1 Å². The molecule has 0 bridgehead atoms. The van der Waals surface area contributed by atoms with Crippen molar-refractivity contribution >= 4 is 17.7 Å². The summed E-state index contributed by atoms with van der Waals surface area (Å²) < 4.78 is 0. The molecular formula is C12H21N3S. The molecular weight excluding hydrogens is 218 g/mol. The molecule has 1 fully saturated rings. The van der Waals surface area contributed by atoms with Crippen molar-refractivity contribution in [1.29, 1.82) is 0 Å². The molecule has 4 heteroatoms. The monoisotopic (exact) mass is 239 g/mol. The molecule has 1 rings (SSSR count). The van der Waals surface area contributed by atoms with Gasteiger partial charge in [0.2, 0.25) is 0 Å². The van der Waals surface area contributed by atoms with Crippen molar-refractivity contribution < 1.29 is 0 Å². The second-order valence-corrected chi connectivity index (χ2v) is 6.25. The number of nitrogens with zero attached hydrogens (tertiary/aromatic N) is 2. The van der Waals surface area contributed by atoms with E-state index in [9.17, 15) is 0 Å². The molecule has 16 heavy (non-hydrogen) atoms. The molecule has 1 aliphatic rings. The summed E-state index contributed by atoms with van der Waals surface area (Å²) in [5.41, 5.74) is 5.95. The molecule has 2 N–H and O–H groups in total. The smallest absolute Gasteiger partial charge is 0.192 e. The van der Waals surface area contributed by atoms with Crippen LogP contribution in [0.15, 0.2) is 4.99 Å². The summed E-state index contributed by atoms with van der Waals surface area (Å²) in [6.45, 7) is 8.20. The van der Waals surface area contributed by atoms with E-state index in [2.05, 4.69) is 36.6 Å². The van der Waals surface area contributed by atoms with Gasteiger partial charge in [-0.3, -0.25) is 0 Å². The lowest BCUT2D eigenvalue weighted by atomic mass is 9.88. The Bertz CT molecular complexity index is 292. The highest BCUT2D eigenvalue weighted by molar-refractivity contribution is 7.99. The fourth-order valence-electron chi connectivity index (χ4n) is 1.49. The number of hydrogen-bond donors (Lipinski definition) is 1. The Morgan fingerprint density at radius 2 is 2.00 bits per heavy atom. The van der Waals surface area contributed by atoms with E-state index >= 15 is 0 Å². The topological polar surface area (TPSA) is 41.6 Å². The van der Waals surface area contributed by atoms with Gasteiger partial charge in [-0.15, -0.1) is 6.42 Å². The molecule has 0 aromatic heterocycles. The van der Waals surface area contributed by atoms with Crippen molar-refractivity contribution in [3.05, 3.63) is 0 Å². The predicted molar refractivity (Wildman–Crippen MR) is 72.6 cm³/mol. The lowest BCUT2D eigenvalue weighted by Crippen LogP contribution is -2.44. The third kappa shape index (κ3) is 3.64. The number of thioether (sulfide) groups is 1. The Balaban J connectivity index is 2.70. The number of rotatable bonds is 1. The first-order chi connectivity index (χ1) is 7.45. The molecule has 0 amide bonds. The zero-order valence-corrected chi connectivity index (χ0v) is 11.2. The van der Waals surface area contributed by atoms with E-state index in [1.165, 1.54) is 0 Å². The van der Waals surface area contributed by atoms with Crippen LogP contribution in [-0.4, -0.2) is 41.5 Å². The molecule has 3 nitrogen and oxygen atoms in total. The van der Waals surface area contributed by atoms with Gasteiger partial charge < -0.3 is 10.6 Å².